The zero-order valence-corrected chi connectivity index (χ0v) is 11.9. The Labute approximate surface area is 115 Å². The molecule has 0 spiro atoms. The van der Waals surface area contributed by atoms with E-state index in [0.29, 0.717) is 11.5 Å². The van der Waals surface area contributed by atoms with Crippen LogP contribution >= 0.6 is 11.3 Å². The number of Topliss-reactive ketones (excluding diaryl/α,β-unsaturated/α-hetero) is 1. The van der Waals surface area contributed by atoms with Gasteiger partial charge in [-0.15, -0.1) is 11.3 Å². The summed E-state index contributed by atoms with van der Waals surface area (Å²) in [7, 11) is 0. The minimum absolute atomic E-state index is 0.0477. The van der Waals surface area contributed by atoms with Gasteiger partial charge in [-0.05, 0) is 13.3 Å². The molecule has 2 rings (SSSR count). The van der Waals surface area contributed by atoms with Crippen LogP contribution in [0.15, 0.2) is 11.7 Å². The predicted molar refractivity (Wildman–Crippen MR) is 73.1 cm³/mol. The third-order valence-corrected chi connectivity index (χ3v) is 3.69. The Balaban J connectivity index is 2.09. The van der Waals surface area contributed by atoms with E-state index in [-0.39, 0.29) is 18.2 Å². The smallest absolute Gasteiger partial charge is 0.189 e. The molecule has 2 heterocycles. The molecule has 0 aliphatic heterocycles. The van der Waals surface area contributed by atoms with Crippen molar-refractivity contribution in [2.24, 2.45) is 5.73 Å². The summed E-state index contributed by atoms with van der Waals surface area (Å²) in [6, 6.07) is -0.143. The van der Waals surface area contributed by atoms with Gasteiger partial charge >= 0.3 is 0 Å². The van der Waals surface area contributed by atoms with Gasteiger partial charge in [0.25, 0.3) is 0 Å². The third-order valence-electron chi connectivity index (χ3n) is 2.65. The van der Waals surface area contributed by atoms with Crippen LogP contribution in [0.5, 0.6) is 0 Å². The number of aromatic nitrogens is 4. The highest BCUT2D eigenvalue weighted by Gasteiger charge is 2.16. The van der Waals surface area contributed by atoms with E-state index in [9.17, 15) is 4.79 Å². The molecule has 0 bridgehead atoms. The first-order chi connectivity index (χ1) is 9.11. The topological polar surface area (TPSA) is 86.7 Å². The molecular weight excluding hydrogens is 262 g/mol. The van der Waals surface area contributed by atoms with E-state index in [1.165, 1.54) is 17.7 Å². The molecule has 1 atom stereocenters. The second-order valence-electron chi connectivity index (χ2n) is 4.36. The molecule has 0 saturated carbocycles. The molecule has 0 amide bonds. The van der Waals surface area contributed by atoms with Crippen molar-refractivity contribution >= 4 is 17.1 Å². The minimum Gasteiger partial charge on any atom is -0.322 e. The Morgan fingerprint density at radius 1 is 1.58 bits per heavy atom. The van der Waals surface area contributed by atoms with Crippen LogP contribution in [0.2, 0.25) is 0 Å². The highest BCUT2D eigenvalue weighted by Crippen LogP contribution is 2.17. The molecule has 7 heteroatoms. The molecular formula is C12H17N5OS. The van der Waals surface area contributed by atoms with E-state index in [4.69, 9.17) is 5.73 Å². The second kappa shape index (κ2) is 6.03. The average molecular weight is 279 g/mol. The fraction of sp³-hybridized carbons (Fsp3) is 0.500. The first-order valence-electron chi connectivity index (χ1n) is 6.22. The van der Waals surface area contributed by atoms with E-state index in [0.717, 1.165) is 18.0 Å². The summed E-state index contributed by atoms with van der Waals surface area (Å²) in [6.07, 6.45) is 2.66. The third kappa shape index (κ3) is 3.24. The van der Waals surface area contributed by atoms with Crippen molar-refractivity contribution in [2.75, 3.05) is 0 Å². The van der Waals surface area contributed by atoms with Crippen molar-refractivity contribution in [3.63, 3.8) is 0 Å². The minimum atomic E-state index is -0.143. The van der Waals surface area contributed by atoms with Gasteiger partial charge in [0.05, 0.1) is 12.5 Å². The first kappa shape index (κ1) is 13.8. The highest BCUT2D eigenvalue weighted by atomic mass is 32.1. The number of carbonyl (C=O) groups is 1. The highest BCUT2D eigenvalue weighted by molar-refractivity contribution is 7.09. The van der Waals surface area contributed by atoms with E-state index >= 15 is 0 Å². The molecule has 102 valence electrons. The lowest BCUT2D eigenvalue weighted by Crippen LogP contribution is -2.12. The summed E-state index contributed by atoms with van der Waals surface area (Å²) < 4.78 is 1.76. The fourth-order valence-corrected chi connectivity index (χ4v) is 2.46. The van der Waals surface area contributed by atoms with Gasteiger partial charge < -0.3 is 5.73 Å². The molecule has 1 unspecified atom stereocenters. The van der Waals surface area contributed by atoms with Crippen molar-refractivity contribution < 1.29 is 4.79 Å². The zero-order valence-electron chi connectivity index (χ0n) is 11.0. The number of ketones is 1. The Morgan fingerprint density at radius 3 is 3.00 bits per heavy atom. The van der Waals surface area contributed by atoms with Gasteiger partial charge in [-0.3, -0.25) is 4.79 Å². The SMILES string of the molecule is CCCn1ncnc1CC(=O)c1csc(C(C)N)n1. The predicted octanol–water partition coefficient (Wildman–Crippen LogP) is 1.59. The first-order valence-corrected chi connectivity index (χ1v) is 7.10. The number of rotatable bonds is 6. The summed E-state index contributed by atoms with van der Waals surface area (Å²) in [5.41, 5.74) is 6.20. The van der Waals surface area contributed by atoms with Gasteiger partial charge in [0.2, 0.25) is 0 Å². The fourth-order valence-electron chi connectivity index (χ4n) is 1.68. The number of carbonyl (C=O) groups excluding carboxylic acids is 1. The van der Waals surface area contributed by atoms with Crippen LogP contribution in [0.1, 0.15) is 47.6 Å². The largest absolute Gasteiger partial charge is 0.322 e. The molecule has 19 heavy (non-hydrogen) atoms. The van der Waals surface area contributed by atoms with Crippen LogP contribution in [0, 0.1) is 0 Å². The van der Waals surface area contributed by atoms with Crippen molar-refractivity contribution in [1.82, 2.24) is 19.7 Å². The maximum atomic E-state index is 12.1. The standard InChI is InChI=1S/C12H17N5OS/c1-3-4-17-11(14-7-15-17)5-10(18)9-6-19-12(16-9)8(2)13/h6-8H,3-5,13H2,1-2H3. The molecule has 0 radical (unpaired) electrons. The number of nitrogens with zero attached hydrogens (tertiary/aromatic N) is 4. The number of nitrogens with two attached hydrogens (primary N) is 1. The number of thiazole rings is 1. The Morgan fingerprint density at radius 2 is 2.37 bits per heavy atom. The summed E-state index contributed by atoms with van der Waals surface area (Å²) in [6.45, 7) is 4.68. The lowest BCUT2D eigenvalue weighted by Gasteiger charge is -2.02. The quantitative estimate of drug-likeness (QED) is 0.811. The maximum Gasteiger partial charge on any atom is 0.189 e. The monoisotopic (exact) mass is 279 g/mol. The van der Waals surface area contributed by atoms with Crippen molar-refractivity contribution in [3.8, 4) is 0 Å². The molecule has 2 N–H and O–H groups in total. The van der Waals surface area contributed by atoms with Gasteiger partial charge in [-0.25, -0.2) is 14.6 Å². The normalized spacial score (nSPS) is 12.6. The second-order valence-corrected chi connectivity index (χ2v) is 5.25. The van der Waals surface area contributed by atoms with E-state index in [1.807, 2.05) is 6.92 Å². The van der Waals surface area contributed by atoms with Crippen LogP contribution in [0.4, 0.5) is 0 Å². The van der Waals surface area contributed by atoms with Crippen molar-refractivity contribution in [2.45, 2.75) is 39.3 Å². The van der Waals surface area contributed by atoms with Crippen LogP contribution < -0.4 is 5.73 Å². The van der Waals surface area contributed by atoms with Crippen molar-refractivity contribution in [1.29, 1.82) is 0 Å². The van der Waals surface area contributed by atoms with Crippen LogP contribution in [-0.4, -0.2) is 25.5 Å². The van der Waals surface area contributed by atoms with Gasteiger partial charge in [0.15, 0.2) is 5.78 Å². The number of hydrogen-bond donors (Lipinski definition) is 1. The molecule has 0 aliphatic carbocycles. The van der Waals surface area contributed by atoms with Crippen LogP contribution in [-0.2, 0) is 13.0 Å². The van der Waals surface area contributed by atoms with Crippen LogP contribution in [0.25, 0.3) is 0 Å². The summed E-state index contributed by atoms with van der Waals surface area (Å²) in [5.74, 6) is 0.635. The van der Waals surface area contributed by atoms with Gasteiger partial charge in [0.1, 0.15) is 22.9 Å². The van der Waals surface area contributed by atoms with E-state index in [1.54, 1.807) is 10.1 Å². The summed E-state index contributed by atoms with van der Waals surface area (Å²) >= 11 is 1.41. The van der Waals surface area contributed by atoms with Gasteiger partial charge in [-0.1, -0.05) is 6.92 Å². The molecule has 0 saturated heterocycles. The molecule has 2 aromatic rings. The maximum absolute atomic E-state index is 12.1. The van der Waals surface area contributed by atoms with Gasteiger partial charge in [0, 0.05) is 11.9 Å². The van der Waals surface area contributed by atoms with Gasteiger partial charge in [-0.2, -0.15) is 5.10 Å². The molecule has 0 fully saturated rings. The lowest BCUT2D eigenvalue weighted by atomic mass is 10.2. The number of hydrogen-bond acceptors (Lipinski definition) is 6. The Hall–Kier alpha value is -1.60. The molecule has 0 aliphatic rings. The molecule has 0 aromatic carbocycles. The Bertz CT molecular complexity index is 560. The van der Waals surface area contributed by atoms with E-state index in [2.05, 4.69) is 22.0 Å². The lowest BCUT2D eigenvalue weighted by molar-refractivity contribution is 0.0985. The van der Waals surface area contributed by atoms with Crippen molar-refractivity contribution in [3.05, 3.63) is 28.2 Å². The Kier molecular flexibility index (Phi) is 4.39. The molecule has 2 aromatic heterocycles. The van der Waals surface area contributed by atoms with E-state index < -0.39 is 0 Å². The molecule has 6 nitrogen and oxygen atoms in total. The average Bonchev–Trinajstić information content (AvgIpc) is 2.99. The van der Waals surface area contributed by atoms with Crippen LogP contribution in [0.3, 0.4) is 0 Å². The zero-order chi connectivity index (χ0) is 13.8. The number of aryl methyl sites for hydroxylation is 1. The summed E-state index contributed by atoms with van der Waals surface area (Å²) in [5, 5.41) is 6.63. The summed E-state index contributed by atoms with van der Waals surface area (Å²) in [4.78, 5) is 20.5.